The molecule has 0 heterocycles. The molecular formula is C16H18O2. The van der Waals surface area contributed by atoms with E-state index < -0.39 is 0 Å². The Morgan fingerprint density at radius 2 is 1.83 bits per heavy atom. The second-order valence-electron chi connectivity index (χ2n) is 4.37. The summed E-state index contributed by atoms with van der Waals surface area (Å²) < 4.78 is 5.72. The van der Waals surface area contributed by atoms with Gasteiger partial charge in [-0.3, -0.25) is 0 Å². The topological polar surface area (TPSA) is 29.5 Å². The van der Waals surface area contributed by atoms with Crippen LogP contribution in [0.25, 0.3) is 11.1 Å². The van der Waals surface area contributed by atoms with Crippen molar-refractivity contribution in [3.05, 3.63) is 48.0 Å². The molecule has 0 unspecified atom stereocenters. The molecule has 1 N–H and O–H groups in total. The lowest BCUT2D eigenvalue weighted by Gasteiger charge is -2.12. The number of para-hydroxylation sites is 1. The molecule has 0 aliphatic carbocycles. The fraction of sp³-hybridized carbons (Fsp3) is 0.250. The van der Waals surface area contributed by atoms with Gasteiger partial charge in [-0.15, -0.1) is 0 Å². The fourth-order valence-corrected chi connectivity index (χ4v) is 1.89. The van der Waals surface area contributed by atoms with E-state index in [9.17, 15) is 5.11 Å². The Kier molecular flexibility index (Phi) is 3.88. The van der Waals surface area contributed by atoms with E-state index in [4.69, 9.17) is 4.74 Å². The standard InChI is InChI=1S/C16H18O2/c1-3-10-18-16-7-5-4-6-13(16)14-11-12(2)8-9-15(14)17/h4-9,11,17H,3,10H2,1-2H3. The molecule has 0 aromatic heterocycles. The number of benzene rings is 2. The first kappa shape index (κ1) is 12.5. The highest BCUT2D eigenvalue weighted by atomic mass is 16.5. The van der Waals surface area contributed by atoms with Gasteiger partial charge in [-0.1, -0.05) is 36.8 Å². The lowest BCUT2D eigenvalue weighted by atomic mass is 10.0. The number of phenols is 1. The summed E-state index contributed by atoms with van der Waals surface area (Å²) >= 11 is 0. The molecule has 0 radical (unpaired) electrons. The third-order valence-corrected chi connectivity index (χ3v) is 2.79. The molecule has 0 saturated carbocycles. The van der Waals surface area contributed by atoms with Crippen LogP contribution < -0.4 is 4.74 Å². The Bertz CT molecular complexity index is 532. The van der Waals surface area contributed by atoms with Gasteiger partial charge in [0.15, 0.2) is 0 Å². The Labute approximate surface area is 108 Å². The van der Waals surface area contributed by atoms with Crippen LogP contribution in [0.3, 0.4) is 0 Å². The minimum atomic E-state index is 0.285. The normalized spacial score (nSPS) is 10.3. The SMILES string of the molecule is CCCOc1ccccc1-c1cc(C)ccc1O. The summed E-state index contributed by atoms with van der Waals surface area (Å²) in [6.45, 7) is 4.77. The van der Waals surface area contributed by atoms with Crippen LogP contribution in [-0.2, 0) is 0 Å². The monoisotopic (exact) mass is 242 g/mol. The molecule has 2 aromatic carbocycles. The van der Waals surface area contributed by atoms with Crippen LogP contribution in [0, 0.1) is 6.92 Å². The van der Waals surface area contributed by atoms with E-state index in [-0.39, 0.29) is 5.75 Å². The largest absolute Gasteiger partial charge is 0.507 e. The number of phenolic OH excluding ortho intramolecular Hbond substituents is 1. The molecule has 0 bridgehead atoms. The zero-order chi connectivity index (χ0) is 13.0. The van der Waals surface area contributed by atoms with Gasteiger partial charge in [-0.05, 0) is 31.5 Å². The zero-order valence-corrected chi connectivity index (χ0v) is 10.8. The molecule has 2 rings (SSSR count). The van der Waals surface area contributed by atoms with Crippen LogP contribution in [-0.4, -0.2) is 11.7 Å². The van der Waals surface area contributed by atoms with E-state index >= 15 is 0 Å². The summed E-state index contributed by atoms with van der Waals surface area (Å²) in [6.07, 6.45) is 0.966. The molecule has 0 fully saturated rings. The summed E-state index contributed by atoms with van der Waals surface area (Å²) in [6, 6.07) is 13.4. The van der Waals surface area contributed by atoms with Gasteiger partial charge in [0.25, 0.3) is 0 Å². The van der Waals surface area contributed by atoms with Gasteiger partial charge >= 0.3 is 0 Å². The van der Waals surface area contributed by atoms with Crippen molar-refractivity contribution in [2.45, 2.75) is 20.3 Å². The summed E-state index contributed by atoms with van der Waals surface area (Å²) in [7, 11) is 0. The molecular weight excluding hydrogens is 224 g/mol. The molecule has 18 heavy (non-hydrogen) atoms. The second-order valence-corrected chi connectivity index (χ2v) is 4.37. The number of hydrogen-bond donors (Lipinski definition) is 1. The lowest BCUT2D eigenvalue weighted by Crippen LogP contribution is -1.96. The number of hydrogen-bond acceptors (Lipinski definition) is 2. The van der Waals surface area contributed by atoms with Crippen molar-refractivity contribution in [2.75, 3.05) is 6.61 Å². The second kappa shape index (κ2) is 5.58. The van der Waals surface area contributed by atoms with Crippen LogP contribution in [0.4, 0.5) is 0 Å². The van der Waals surface area contributed by atoms with Crippen molar-refractivity contribution >= 4 is 0 Å². The van der Waals surface area contributed by atoms with Crippen molar-refractivity contribution in [1.29, 1.82) is 0 Å². The Morgan fingerprint density at radius 1 is 1.06 bits per heavy atom. The highest BCUT2D eigenvalue weighted by Gasteiger charge is 2.09. The first-order valence-electron chi connectivity index (χ1n) is 6.24. The maximum atomic E-state index is 9.98. The average molecular weight is 242 g/mol. The van der Waals surface area contributed by atoms with E-state index in [1.165, 1.54) is 0 Å². The molecule has 2 aromatic rings. The van der Waals surface area contributed by atoms with Crippen molar-refractivity contribution in [3.8, 4) is 22.6 Å². The maximum absolute atomic E-state index is 9.98. The van der Waals surface area contributed by atoms with Gasteiger partial charge in [0, 0.05) is 11.1 Å². The molecule has 0 aliphatic rings. The number of aromatic hydroxyl groups is 1. The van der Waals surface area contributed by atoms with Crippen LogP contribution in [0.1, 0.15) is 18.9 Å². The van der Waals surface area contributed by atoms with Gasteiger partial charge in [0.1, 0.15) is 11.5 Å². The minimum absolute atomic E-state index is 0.285. The van der Waals surface area contributed by atoms with E-state index in [0.29, 0.717) is 6.61 Å². The predicted molar refractivity (Wildman–Crippen MR) is 74.1 cm³/mol. The van der Waals surface area contributed by atoms with Gasteiger partial charge in [0.2, 0.25) is 0 Å². The van der Waals surface area contributed by atoms with Gasteiger partial charge < -0.3 is 9.84 Å². The third kappa shape index (κ3) is 2.65. The molecule has 0 atom stereocenters. The number of aryl methyl sites for hydroxylation is 1. The lowest BCUT2D eigenvalue weighted by molar-refractivity contribution is 0.318. The molecule has 0 saturated heterocycles. The molecule has 0 aliphatic heterocycles. The molecule has 0 amide bonds. The minimum Gasteiger partial charge on any atom is -0.507 e. The zero-order valence-electron chi connectivity index (χ0n) is 10.8. The van der Waals surface area contributed by atoms with Crippen LogP contribution in [0.5, 0.6) is 11.5 Å². The van der Waals surface area contributed by atoms with Gasteiger partial charge in [-0.25, -0.2) is 0 Å². The van der Waals surface area contributed by atoms with Crippen molar-refractivity contribution in [2.24, 2.45) is 0 Å². The van der Waals surface area contributed by atoms with Crippen molar-refractivity contribution in [1.82, 2.24) is 0 Å². The van der Waals surface area contributed by atoms with Gasteiger partial charge in [-0.2, -0.15) is 0 Å². The molecule has 2 nitrogen and oxygen atoms in total. The smallest absolute Gasteiger partial charge is 0.127 e. The molecule has 2 heteroatoms. The molecule has 0 spiro atoms. The van der Waals surface area contributed by atoms with Crippen LogP contribution in [0.2, 0.25) is 0 Å². The van der Waals surface area contributed by atoms with E-state index in [2.05, 4.69) is 6.92 Å². The van der Waals surface area contributed by atoms with Crippen molar-refractivity contribution in [3.63, 3.8) is 0 Å². The Hall–Kier alpha value is -1.96. The average Bonchev–Trinajstić information content (AvgIpc) is 2.39. The third-order valence-electron chi connectivity index (χ3n) is 2.79. The molecule has 94 valence electrons. The van der Waals surface area contributed by atoms with Crippen molar-refractivity contribution < 1.29 is 9.84 Å². The summed E-state index contributed by atoms with van der Waals surface area (Å²) in [5.74, 6) is 1.10. The van der Waals surface area contributed by atoms with E-state index in [1.54, 1.807) is 6.07 Å². The van der Waals surface area contributed by atoms with E-state index in [0.717, 1.165) is 28.9 Å². The highest BCUT2D eigenvalue weighted by Crippen LogP contribution is 2.36. The number of rotatable bonds is 4. The first-order valence-corrected chi connectivity index (χ1v) is 6.24. The predicted octanol–water partition coefficient (Wildman–Crippen LogP) is 4.16. The highest BCUT2D eigenvalue weighted by molar-refractivity contribution is 5.76. The maximum Gasteiger partial charge on any atom is 0.127 e. The van der Waals surface area contributed by atoms with Crippen LogP contribution in [0.15, 0.2) is 42.5 Å². The number of ether oxygens (including phenoxy) is 1. The summed E-state index contributed by atoms with van der Waals surface area (Å²) in [4.78, 5) is 0. The fourth-order valence-electron chi connectivity index (χ4n) is 1.89. The Morgan fingerprint density at radius 3 is 2.61 bits per heavy atom. The summed E-state index contributed by atoms with van der Waals surface area (Å²) in [5, 5.41) is 9.98. The summed E-state index contributed by atoms with van der Waals surface area (Å²) in [5.41, 5.74) is 2.88. The first-order chi connectivity index (χ1) is 8.72. The quantitative estimate of drug-likeness (QED) is 0.872. The Balaban J connectivity index is 2.46. The van der Waals surface area contributed by atoms with Crippen LogP contribution >= 0.6 is 0 Å². The van der Waals surface area contributed by atoms with Gasteiger partial charge in [0.05, 0.1) is 6.61 Å². The van der Waals surface area contributed by atoms with E-state index in [1.807, 2.05) is 43.3 Å².